The standard InChI is InChI=1S/C20H31N3O5S/c1-21-10-6-11-22(14-13-21)20(24)17-7-4-5-12-23(17)29(25,26)19-15-16(27-2)8-9-18(19)28-3/h8-9,15,17H,4-7,10-14H2,1-3H3. The van der Waals surface area contributed by atoms with Gasteiger partial charge in [0.25, 0.3) is 0 Å². The summed E-state index contributed by atoms with van der Waals surface area (Å²) in [6.07, 6.45) is 3.01. The molecule has 0 radical (unpaired) electrons. The van der Waals surface area contributed by atoms with Gasteiger partial charge in [0.05, 0.1) is 14.2 Å². The highest BCUT2D eigenvalue weighted by Gasteiger charge is 2.40. The van der Waals surface area contributed by atoms with Crippen LogP contribution < -0.4 is 9.47 Å². The van der Waals surface area contributed by atoms with E-state index < -0.39 is 16.1 Å². The van der Waals surface area contributed by atoms with Crippen LogP contribution in [-0.4, -0.2) is 88.5 Å². The first-order valence-electron chi connectivity index (χ1n) is 10.1. The fourth-order valence-corrected chi connectivity index (χ4v) is 5.85. The molecule has 1 aromatic rings. The van der Waals surface area contributed by atoms with E-state index in [1.807, 2.05) is 11.9 Å². The Kier molecular flexibility index (Phi) is 7.02. The first-order chi connectivity index (χ1) is 13.9. The molecular weight excluding hydrogens is 394 g/mol. The Labute approximate surface area is 173 Å². The molecule has 2 aliphatic heterocycles. The number of ether oxygens (including phenoxy) is 2. The van der Waals surface area contributed by atoms with Gasteiger partial charge in [-0.05, 0) is 45.0 Å². The molecule has 1 aromatic carbocycles. The molecule has 3 rings (SSSR count). The summed E-state index contributed by atoms with van der Waals surface area (Å²) in [7, 11) is 1.05. The van der Waals surface area contributed by atoms with Crippen molar-refractivity contribution in [3.05, 3.63) is 18.2 Å². The molecule has 0 saturated carbocycles. The third kappa shape index (κ3) is 4.67. The number of hydrogen-bond acceptors (Lipinski definition) is 6. The van der Waals surface area contributed by atoms with E-state index in [0.717, 1.165) is 32.4 Å². The second kappa shape index (κ2) is 9.32. The van der Waals surface area contributed by atoms with Crippen LogP contribution in [-0.2, 0) is 14.8 Å². The van der Waals surface area contributed by atoms with Crippen LogP contribution in [0.2, 0.25) is 0 Å². The summed E-state index contributed by atoms with van der Waals surface area (Å²) in [4.78, 5) is 17.4. The summed E-state index contributed by atoms with van der Waals surface area (Å²) < 4.78 is 39.0. The van der Waals surface area contributed by atoms with Gasteiger partial charge in [-0.1, -0.05) is 6.42 Å². The zero-order valence-electron chi connectivity index (χ0n) is 17.5. The smallest absolute Gasteiger partial charge is 0.247 e. The minimum atomic E-state index is -3.92. The highest BCUT2D eigenvalue weighted by atomic mass is 32.2. The highest BCUT2D eigenvalue weighted by Crippen LogP contribution is 2.34. The van der Waals surface area contributed by atoms with Crippen LogP contribution in [0.1, 0.15) is 25.7 Å². The van der Waals surface area contributed by atoms with Crippen LogP contribution >= 0.6 is 0 Å². The zero-order valence-corrected chi connectivity index (χ0v) is 18.3. The number of methoxy groups -OCH3 is 2. The Morgan fingerprint density at radius 1 is 1.00 bits per heavy atom. The number of nitrogens with zero attached hydrogens (tertiary/aromatic N) is 3. The summed E-state index contributed by atoms with van der Waals surface area (Å²) in [6.45, 7) is 3.36. The minimum absolute atomic E-state index is 0.0367. The lowest BCUT2D eigenvalue weighted by atomic mass is 10.0. The van der Waals surface area contributed by atoms with Crippen molar-refractivity contribution in [3.8, 4) is 11.5 Å². The molecule has 2 saturated heterocycles. The molecule has 1 unspecified atom stereocenters. The van der Waals surface area contributed by atoms with Gasteiger partial charge in [-0.25, -0.2) is 8.42 Å². The number of hydrogen-bond donors (Lipinski definition) is 0. The SMILES string of the molecule is COc1ccc(OC)c(S(=O)(=O)N2CCCCC2C(=O)N2CCCN(C)CC2)c1. The van der Waals surface area contributed by atoms with E-state index >= 15 is 0 Å². The van der Waals surface area contributed by atoms with E-state index in [9.17, 15) is 13.2 Å². The van der Waals surface area contributed by atoms with Crippen molar-refractivity contribution in [2.75, 3.05) is 54.0 Å². The Morgan fingerprint density at radius 3 is 2.52 bits per heavy atom. The molecule has 9 heteroatoms. The van der Waals surface area contributed by atoms with E-state index in [2.05, 4.69) is 4.90 Å². The summed E-state index contributed by atoms with van der Waals surface area (Å²) in [5.41, 5.74) is 0. The van der Waals surface area contributed by atoms with Gasteiger partial charge in [-0.2, -0.15) is 4.31 Å². The third-order valence-corrected chi connectivity index (χ3v) is 7.66. The number of amides is 1. The molecular formula is C20H31N3O5S. The second-order valence-electron chi connectivity index (χ2n) is 7.63. The molecule has 2 aliphatic rings. The van der Waals surface area contributed by atoms with Gasteiger partial charge in [0.2, 0.25) is 15.9 Å². The van der Waals surface area contributed by atoms with E-state index in [4.69, 9.17) is 9.47 Å². The van der Waals surface area contributed by atoms with Crippen molar-refractivity contribution in [3.63, 3.8) is 0 Å². The van der Waals surface area contributed by atoms with E-state index in [1.165, 1.54) is 24.6 Å². The van der Waals surface area contributed by atoms with Crippen molar-refractivity contribution in [1.29, 1.82) is 0 Å². The molecule has 2 heterocycles. The summed E-state index contributed by atoms with van der Waals surface area (Å²) >= 11 is 0. The van der Waals surface area contributed by atoms with Crippen LogP contribution in [0.5, 0.6) is 11.5 Å². The summed E-state index contributed by atoms with van der Waals surface area (Å²) in [5, 5.41) is 0. The molecule has 1 amide bonds. The maximum atomic E-state index is 13.6. The molecule has 29 heavy (non-hydrogen) atoms. The van der Waals surface area contributed by atoms with Gasteiger partial charge < -0.3 is 19.3 Å². The first kappa shape index (κ1) is 21.9. The number of sulfonamides is 1. The van der Waals surface area contributed by atoms with Crippen LogP contribution in [0.3, 0.4) is 0 Å². The molecule has 1 atom stereocenters. The van der Waals surface area contributed by atoms with Gasteiger partial charge in [-0.3, -0.25) is 4.79 Å². The largest absolute Gasteiger partial charge is 0.497 e. The van der Waals surface area contributed by atoms with Crippen molar-refractivity contribution in [2.45, 2.75) is 36.6 Å². The van der Waals surface area contributed by atoms with Crippen LogP contribution in [0, 0.1) is 0 Å². The maximum Gasteiger partial charge on any atom is 0.247 e. The van der Waals surface area contributed by atoms with Crippen molar-refractivity contribution in [1.82, 2.24) is 14.1 Å². The van der Waals surface area contributed by atoms with Gasteiger partial charge in [-0.15, -0.1) is 0 Å². The quantitative estimate of drug-likeness (QED) is 0.710. The molecule has 0 spiro atoms. The Bertz CT molecular complexity index is 829. The van der Waals surface area contributed by atoms with Crippen molar-refractivity contribution in [2.24, 2.45) is 0 Å². The predicted molar refractivity (Wildman–Crippen MR) is 110 cm³/mol. The predicted octanol–water partition coefficient (Wildman–Crippen LogP) is 1.41. The highest BCUT2D eigenvalue weighted by molar-refractivity contribution is 7.89. The Hall–Kier alpha value is -1.84. The molecule has 2 fully saturated rings. The number of piperidine rings is 1. The molecule has 8 nitrogen and oxygen atoms in total. The lowest BCUT2D eigenvalue weighted by Crippen LogP contribution is -2.53. The van der Waals surface area contributed by atoms with E-state index in [1.54, 1.807) is 12.1 Å². The van der Waals surface area contributed by atoms with Gasteiger partial charge in [0.1, 0.15) is 22.4 Å². The van der Waals surface area contributed by atoms with E-state index in [-0.39, 0.29) is 16.6 Å². The van der Waals surface area contributed by atoms with Gasteiger partial charge in [0, 0.05) is 32.2 Å². The minimum Gasteiger partial charge on any atom is -0.497 e. The molecule has 0 aromatic heterocycles. The van der Waals surface area contributed by atoms with Crippen LogP contribution in [0.15, 0.2) is 23.1 Å². The third-order valence-electron chi connectivity index (χ3n) is 5.73. The molecule has 0 N–H and O–H groups in total. The monoisotopic (exact) mass is 425 g/mol. The average Bonchev–Trinajstić information content (AvgIpc) is 2.97. The number of carbonyl (C=O) groups excluding carboxylic acids is 1. The zero-order chi connectivity index (χ0) is 21.0. The normalized spacial score (nSPS) is 22.2. The maximum absolute atomic E-state index is 13.6. The topological polar surface area (TPSA) is 79.4 Å². The van der Waals surface area contributed by atoms with Crippen molar-refractivity contribution >= 4 is 15.9 Å². The first-order valence-corrected chi connectivity index (χ1v) is 11.5. The fourth-order valence-electron chi connectivity index (χ4n) is 4.03. The second-order valence-corrected chi connectivity index (χ2v) is 9.49. The number of carbonyl (C=O) groups is 1. The van der Waals surface area contributed by atoms with Gasteiger partial charge >= 0.3 is 0 Å². The molecule has 0 bridgehead atoms. The number of rotatable bonds is 5. The van der Waals surface area contributed by atoms with Crippen LogP contribution in [0.25, 0.3) is 0 Å². The average molecular weight is 426 g/mol. The number of likely N-dealkylation sites (N-methyl/N-ethyl adjacent to an activating group) is 1. The molecule has 162 valence electrons. The molecule has 0 aliphatic carbocycles. The Balaban J connectivity index is 1.91. The number of benzene rings is 1. The van der Waals surface area contributed by atoms with Crippen LogP contribution in [0.4, 0.5) is 0 Å². The lowest BCUT2D eigenvalue weighted by molar-refractivity contribution is -0.136. The summed E-state index contributed by atoms with van der Waals surface area (Å²) in [6, 6.07) is 4.03. The van der Waals surface area contributed by atoms with Crippen molar-refractivity contribution < 1.29 is 22.7 Å². The summed E-state index contributed by atoms with van der Waals surface area (Å²) in [5.74, 6) is 0.587. The van der Waals surface area contributed by atoms with Gasteiger partial charge in [0.15, 0.2) is 0 Å². The lowest BCUT2D eigenvalue weighted by Gasteiger charge is -2.36. The Morgan fingerprint density at radius 2 is 1.79 bits per heavy atom. The van der Waals surface area contributed by atoms with E-state index in [0.29, 0.717) is 31.8 Å². The fraction of sp³-hybridized carbons (Fsp3) is 0.650.